The second-order valence-electron chi connectivity index (χ2n) is 1.01. The van der Waals surface area contributed by atoms with Crippen LogP contribution >= 0.6 is 0 Å². The molecule has 8 heavy (non-hydrogen) atoms. The number of hydrogen-bond acceptors (Lipinski definition) is 2. The predicted octanol–water partition coefficient (Wildman–Crippen LogP) is -3.59. The Labute approximate surface area is 104 Å². The van der Waals surface area contributed by atoms with E-state index in [9.17, 15) is 4.79 Å². The monoisotopic (exact) mass is 156 g/mol. The zero-order chi connectivity index (χ0) is 5.15. The van der Waals surface area contributed by atoms with Crippen LogP contribution in [0.15, 0.2) is 0 Å². The van der Waals surface area contributed by atoms with E-state index in [-0.39, 0.29) is 71.6 Å². The molecule has 0 fully saturated rings. The van der Waals surface area contributed by atoms with Crippen LogP contribution in [-0.2, 0) is 4.79 Å². The summed E-state index contributed by atoms with van der Waals surface area (Å²) >= 11 is 0. The van der Waals surface area contributed by atoms with E-state index in [0.29, 0.717) is 0 Å². The molecule has 0 aliphatic carbocycles. The van der Waals surface area contributed by atoms with Crippen molar-refractivity contribution in [2.75, 3.05) is 0 Å². The maximum atomic E-state index is 9.45. The Morgan fingerprint density at radius 3 is 1.88 bits per heavy atom. The summed E-state index contributed by atoms with van der Waals surface area (Å²) in [6, 6.07) is 0. The molecule has 0 aromatic carbocycles. The first-order chi connectivity index (χ1) is 2.64. The Hall–Kier alpha value is 1.69. The molecule has 0 amide bonds. The van der Waals surface area contributed by atoms with Gasteiger partial charge in [0.1, 0.15) is 6.10 Å². The summed E-state index contributed by atoms with van der Waals surface area (Å²) in [7, 11) is 0. The molecule has 3 nitrogen and oxygen atoms in total. The Balaban J connectivity index is -0.0000000125. The normalized spacial score (nSPS) is 10.2. The van der Waals surface area contributed by atoms with Crippen molar-refractivity contribution in [3.63, 3.8) is 0 Å². The second-order valence-corrected chi connectivity index (χ2v) is 1.01. The fraction of sp³-hybridized carbons (Fsp3) is 0.667. The topological polar surface area (TPSA) is 57.5 Å². The van der Waals surface area contributed by atoms with Gasteiger partial charge in [-0.3, -0.25) is 0 Å². The Bertz CT molecular complexity index is 74.8. The van der Waals surface area contributed by atoms with Crippen molar-refractivity contribution in [3.8, 4) is 0 Å². The molecular weight excluding hydrogens is 147 g/mol. The number of aliphatic carboxylic acids is 1. The van der Waals surface area contributed by atoms with E-state index < -0.39 is 12.1 Å². The zero-order valence-electron chi connectivity index (χ0n) is 8.09. The molecule has 0 saturated carbocycles. The molecule has 1 unspecified atom stereocenters. The van der Waals surface area contributed by atoms with Gasteiger partial charge < -0.3 is 14.5 Å². The average molecular weight is 156 g/mol. The quantitative estimate of drug-likeness (QED) is 0.386. The van der Waals surface area contributed by atoms with Gasteiger partial charge in [0.05, 0.1) is 0 Å². The van der Waals surface area contributed by atoms with Gasteiger partial charge in [-0.25, -0.2) is 4.79 Å². The van der Waals surface area contributed by atoms with Gasteiger partial charge in [0.15, 0.2) is 0 Å². The molecular formula is C3H9CaNaO3. The van der Waals surface area contributed by atoms with E-state index >= 15 is 0 Å². The fourth-order valence-electron chi connectivity index (χ4n) is 0. The van der Waals surface area contributed by atoms with Crippen LogP contribution in [0.2, 0.25) is 0 Å². The van der Waals surface area contributed by atoms with Crippen LogP contribution in [0.25, 0.3) is 0 Å². The van der Waals surface area contributed by atoms with E-state index in [1.165, 1.54) is 6.92 Å². The molecule has 2 N–H and O–H groups in total. The van der Waals surface area contributed by atoms with Crippen LogP contribution < -0.4 is 29.6 Å². The van der Waals surface area contributed by atoms with Crippen molar-refractivity contribution in [3.05, 3.63) is 0 Å². The first kappa shape index (κ1) is 16.3. The third kappa shape index (κ3) is 10.6. The summed E-state index contributed by atoms with van der Waals surface area (Å²) in [5, 5.41) is 15.8. The average Bonchev–Trinajstić information content (AvgIpc) is 1.36. The molecule has 42 valence electrons. The molecule has 0 saturated heterocycles. The molecule has 5 heteroatoms. The predicted molar refractivity (Wildman–Crippen MR) is 28.4 cm³/mol. The molecule has 0 heterocycles. The second kappa shape index (κ2) is 8.69. The number of rotatable bonds is 1. The summed E-state index contributed by atoms with van der Waals surface area (Å²) in [6.45, 7) is 1.20. The van der Waals surface area contributed by atoms with E-state index in [1.807, 2.05) is 0 Å². The maximum Gasteiger partial charge on any atom is 2.00 e. The standard InChI is InChI=1S/C3H6O3.Ca.Na.3H/c1-2(4)3(5)6;;;;;/h2,4H,1H3,(H,5,6);;;;;/q;+2;+1;3*-1. The van der Waals surface area contributed by atoms with Crippen molar-refractivity contribution in [1.29, 1.82) is 0 Å². The third-order valence-electron chi connectivity index (χ3n) is 0.357. The van der Waals surface area contributed by atoms with Crippen molar-refractivity contribution < 1.29 is 48.8 Å². The van der Waals surface area contributed by atoms with E-state index in [1.54, 1.807) is 0 Å². The van der Waals surface area contributed by atoms with Crippen LogP contribution in [0.4, 0.5) is 0 Å². The Kier molecular flexibility index (Phi) is 17.8. The molecule has 0 aromatic heterocycles. The smallest absolute Gasteiger partial charge is 1.00 e. The molecule has 0 radical (unpaired) electrons. The van der Waals surface area contributed by atoms with Gasteiger partial charge in [0.25, 0.3) is 0 Å². The number of aliphatic hydroxyl groups excluding tert-OH is 1. The summed E-state index contributed by atoms with van der Waals surface area (Å²) < 4.78 is 0. The molecule has 0 bridgehead atoms. The number of aliphatic hydroxyl groups is 1. The minimum Gasteiger partial charge on any atom is -1.00 e. The SMILES string of the molecule is CC(O)C(=O)O.[Ca+2].[H-].[H-].[H-].[Na+]. The first-order valence-corrected chi connectivity index (χ1v) is 1.55. The van der Waals surface area contributed by atoms with Crippen LogP contribution in [-0.4, -0.2) is 60.0 Å². The van der Waals surface area contributed by atoms with E-state index in [4.69, 9.17) is 10.2 Å². The molecule has 1 atom stereocenters. The van der Waals surface area contributed by atoms with Gasteiger partial charge in [-0.1, -0.05) is 0 Å². The van der Waals surface area contributed by atoms with Gasteiger partial charge in [0, 0.05) is 0 Å². The zero-order valence-corrected chi connectivity index (χ0v) is 9.30. The van der Waals surface area contributed by atoms with Crippen LogP contribution in [0.1, 0.15) is 11.2 Å². The molecule has 0 aliphatic heterocycles. The Morgan fingerprint density at radius 2 is 1.88 bits per heavy atom. The van der Waals surface area contributed by atoms with Crippen molar-refractivity contribution in [1.82, 2.24) is 0 Å². The van der Waals surface area contributed by atoms with Crippen molar-refractivity contribution in [2.45, 2.75) is 13.0 Å². The van der Waals surface area contributed by atoms with Crippen LogP contribution in [0.5, 0.6) is 0 Å². The number of carboxylic acids is 1. The number of carboxylic acid groups (broad SMARTS) is 1. The van der Waals surface area contributed by atoms with Gasteiger partial charge in [0.2, 0.25) is 0 Å². The van der Waals surface area contributed by atoms with E-state index in [2.05, 4.69) is 0 Å². The van der Waals surface area contributed by atoms with Gasteiger partial charge >= 0.3 is 73.3 Å². The van der Waals surface area contributed by atoms with Crippen LogP contribution in [0, 0.1) is 0 Å². The summed E-state index contributed by atoms with van der Waals surface area (Å²) in [5.74, 6) is -1.19. The molecule has 0 aromatic rings. The number of carbonyl (C=O) groups is 1. The minimum atomic E-state index is -1.23. The maximum absolute atomic E-state index is 9.45. The molecule has 0 aliphatic rings. The van der Waals surface area contributed by atoms with Crippen molar-refractivity contribution >= 4 is 43.7 Å². The van der Waals surface area contributed by atoms with E-state index in [0.717, 1.165) is 0 Å². The number of hydrogen-bond donors (Lipinski definition) is 2. The minimum absolute atomic E-state index is 0. The summed E-state index contributed by atoms with van der Waals surface area (Å²) in [6.07, 6.45) is -1.23. The van der Waals surface area contributed by atoms with Gasteiger partial charge in [-0.2, -0.15) is 0 Å². The molecule has 0 spiro atoms. The van der Waals surface area contributed by atoms with Crippen LogP contribution in [0.3, 0.4) is 0 Å². The first-order valence-electron chi connectivity index (χ1n) is 1.55. The third-order valence-corrected chi connectivity index (χ3v) is 0.357. The molecule has 0 rings (SSSR count). The fourth-order valence-corrected chi connectivity index (χ4v) is 0. The largest absolute Gasteiger partial charge is 2.00 e. The Morgan fingerprint density at radius 1 is 1.75 bits per heavy atom. The summed E-state index contributed by atoms with van der Waals surface area (Å²) in [4.78, 5) is 9.45. The van der Waals surface area contributed by atoms with Gasteiger partial charge in [-0.05, 0) is 6.92 Å². The van der Waals surface area contributed by atoms with Crippen molar-refractivity contribution in [2.24, 2.45) is 0 Å². The summed E-state index contributed by atoms with van der Waals surface area (Å²) in [5.41, 5.74) is 0. The van der Waals surface area contributed by atoms with Gasteiger partial charge in [-0.15, -0.1) is 0 Å².